The van der Waals surface area contributed by atoms with Gasteiger partial charge in [0, 0.05) is 18.3 Å². The molecule has 0 aliphatic heterocycles. The Bertz CT molecular complexity index is 190. The van der Waals surface area contributed by atoms with Gasteiger partial charge < -0.3 is 10.4 Å². The van der Waals surface area contributed by atoms with Crippen molar-refractivity contribution in [2.75, 3.05) is 18.6 Å². The first-order valence-corrected chi connectivity index (χ1v) is 7.89. The van der Waals surface area contributed by atoms with Crippen LogP contribution in [0.3, 0.4) is 0 Å². The van der Waals surface area contributed by atoms with E-state index in [1.807, 2.05) is 13.2 Å². The fourth-order valence-electron chi connectivity index (χ4n) is 2.54. The summed E-state index contributed by atoms with van der Waals surface area (Å²) in [5.41, 5.74) is -0.567. The quantitative estimate of drug-likeness (QED) is 0.754. The summed E-state index contributed by atoms with van der Waals surface area (Å²) >= 11 is 1.71. The highest BCUT2D eigenvalue weighted by Gasteiger charge is 2.24. The second-order valence-corrected chi connectivity index (χ2v) is 6.36. The van der Waals surface area contributed by atoms with Crippen LogP contribution in [0, 0.1) is 5.92 Å². The van der Waals surface area contributed by atoms with Crippen molar-refractivity contribution in [1.29, 1.82) is 0 Å². The summed E-state index contributed by atoms with van der Waals surface area (Å²) in [6, 6.07) is 0.550. The fraction of sp³-hybridized carbons (Fsp3) is 1.00. The molecular weight excluding hydrogens is 218 g/mol. The van der Waals surface area contributed by atoms with Crippen molar-refractivity contribution in [3.63, 3.8) is 0 Å². The van der Waals surface area contributed by atoms with E-state index in [2.05, 4.69) is 12.2 Å². The summed E-state index contributed by atoms with van der Waals surface area (Å²) in [6.45, 7) is 4.90. The Morgan fingerprint density at radius 3 is 2.56 bits per heavy atom. The third kappa shape index (κ3) is 5.07. The molecule has 16 heavy (non-hydrogen) atoms. The lowest BCUT2D eigenvalue weighted by molar-refractivity contribution is 0.0779. The highest BCUT2D eigenvalue weighted by atomic mass is 32.2. The van der Waals surface area contributed by atoms with Gasteiger partial charge in [0.25, 0.3) is 0 Å². The van der Waals surface area contributed by atoms with E-state index in [4.69, 9.17) is 0 Å². The molecule has 1 aliphatic carbocycles. The van der Waals surface area contributed by atoms with Gasteiger partial charge in [0.05, 0.1) is 5.60 Å². The molecule has 0 aromatic rings. The molecule has 2 atom stereocenters. The van der Waals surface area contributed by atoms with Crippen LogP contribution in [0.4, 0.5) is 0 Å². The second kappa shape index (κ2) is 6.87. The molecule has 0 aromatic heterocycles. The number of aliphatic hydroxyl groups is 1. The maximum Gasteiger partial charge on any atom is 0.0833 e. The van der Waals surface area contributed by atoms with Crippen molar-refractivity contribution < 1.29 is 5.11 Å². The van der Waals surface area contributed by atoms with E-state index in [-0.39, 0.29) is 0 Å². The van der Waals surface area contributed by atoms with Gasteiger partial charge in [0.15, 0.2) is 0 Å². The van der Waals surface area contributed by atoms with Crippen LogP contribution in [0.2, 0.25) is 0 Å². The van der Waals surface area contributed by atoms with Crippen molar-refractivity contribution in [1.82, 2.24) is 5.32 Å². The van der Waals surface area contributed by atoms with Crippen molar-refractivity contribution >= 4 is 11.8 Å². The standard InChI is InChI=1S/C13H27NOS/c1-11(12-7-5-4-6-8-12)14-9-13(2,15)10-16-3/h11-12,14-15H,4-10H2,1-3H3/t11-,13-/m1/s1. The zero-order valence-electron chi connectivity index (χ0n) is 11.0. The molecule has 0 radical (unpaired) electrons. The third-order valence-electron chi connectivity index (χ3n) is 3.62. The smallest absolute Gasteiger partial charge is 0.0833 e. The predicted molar refractivity (Wildman–Crippen MR) is 73.0 cm³/mol. The summed E-state index contributed by atoms with van der Waals surface area (Å²) in [5, 5.41) is 13.6. The normalized spacial score (nSPS) is 24.0. The van der Waals surface area contributed by atoms with Gasteiger partial charge >= 0.3 is 0 Å². The van der Waals surface area contributed by atoms with Gasteiger partial charge in [-0.2, -0.15) is 11.8 Å². The second-order valence-electron chi connectivity index (χ2n) is 5.50. The SMILES string of the molecule is CSC[C@](C)(O)CN[C@H](C)C1CCCCC1. The minimum atomic E-state index is -0.567. The van der Waals surface area contributed by atoms with E-state index in [1.165, 1.54) is 32.1 Å². The van der Waals surface area contributed by atoms with E-state index >= 15 is 0 Å². The average Bonchev–Trinajstić information content (AvgIpc) is 2.27. The fourth-order valence-corrected chi connectivity index (χ4v) is 3.27. The van der Waals surface area contributed by atoms with Crippen LogP contribution in [-0.4, -0.2) is 35.3 Å². The summed E-state index contributed by atoms with van der Waals surface area (Å²) in [6.07, 6.45) is 8.94. The molecule has 0 saturated heterocycles. The van der Waals surface area contributed by atoms with Crippen LogP contribution >= 0.6 is 11.8 Å². The largest absolute Gasteiger partial charge is 0.388 e. The minimum absolute atomic E-state index is 0.550. The molecule has 2 N–H and O–H groups in total. The summed E-state index contributed by atoms with van der Waals surface area (Å²) in [5.74, 6) is 1.62. The van der Waals surface area contributed by atoms with E-state index in [9.17, 15) is 5.11 Å². The Labute approximate surface area is 105 Å². The monoisotopic (exact) mass is 245 g/mol. The number of nitrogens with one attached hydrogen (secondary N) is 1. The molecule has 1 fully saturated rings. The van der Waals surface area contributed by atoms with Crippen molar-refractivity contribution in [2.45, 2.75) is 57.6 Å². The Kier molecular flexibility index (Phi) is 6.16. The van der Waals surface area contributed by atoms with Gasteiger partial charge in [0.2, 0.25) is 0 Å². The third-order valence-corrected chi connectivity index (χ3v) is 4.53. The summed E-state index contributed by atoms with van der Waals surface area (Å²) < 4.78 is 0. The van der Waals surface area contributed by atoms with Gasteiger partial charge in [-0.1, -0.05) is 19.3 Å². The van der Waals surface area contributed by atoms with Gasteiger partial charge in [-0.15, -0.1) is 0 Å². The molecule has 0 unspecified atom stereocenters. The number of hydrogen-bond donors (Lipinski definition) is 2. The molecule has 0 bridgehead atoms. The van der Waals surface area contributed by atoms with Crippen LogP contribution in [0.5, 0.6) is 0 Å². The first-order valence-electron chi connectivity index (χ1n) is 6.50. The lowest BCUT2D eigenvalue weighted by Crippen LogP contribution is -2.45. The maximum atomic E-state index is 10.1. The van der Waals surface area contributed by atoms with Gasteiger partial charge in [-0.05, 0) is 38.9 Å². The van der Waals surface area contributed by atoms with Crippen molar-refractivity contribution in [3.05, 3.63) is 0 Å². The molecule has 3 heteroatoms. The van der Waals surface area contributed by atoms with Crippen LogP contribution in [-0.2, 0) is 0 Å². The maximum absolute atomic E-state index is 10.1. The highest BCUT2D eigenvalue weighted by Crippen LogP contribution is 2.26. The average molecular weight is 245 g/mol. The predicted octanol–water partition coefficient (Wildman–Crippen LogP) is 2.66. The molecule has 0 heterocycles. The van der Waals surface area contributed by atoms with Crippen LogP contribution in [0.25, 0.3) is 0 Å². The zero-order valence-corrected chi connectivity index (χ0v) is 11.8. The molecule has 1 saturated carbocycles. The lowest BCUT2D eigenvalue weighted by Gasteiger charge is -2.31. The summed E-state index contributed by atoms with van der Waals surface area (Å²) in [4.78, 5) is 0. The molecular formula is C13H27NOS. The van der Waals surface area contributed by atoms with Gasteiger partial charge in [0.1, 0.15) is 0 Å². The number of thioether (sulfide) groups is 1. The van der Waals surface area contributed by atoms with Crippen LogP contribution in [0.1, 0.15) is 46.0 Å². The van der Waals surface area contributed by atoms with E-state index < -0.39 is 5.60 Å². The van der Waals surface area contributed by atoms with Crippen LogP contribution < -0.4 is 5.32 Å². The van der Waals surface area contributed by atoms with E-state index in [0.29, 0.717) is 12.6 Å². The van der Waals surface area contributed by atoms with Crippen molar-refractivity contribution in [3.8, 4) is 0 Å². The molecule has 2 nitrogen and oxygen atoms in total. The Hall–Kier alpha value is 0.270. The van der Waals surface area contributed by atoms with Crippen LogP contribution in [0.15, 0.2) is 0 Å². The van der Waals surface area contributed by atoms with Gasteiger partial charge in [-0.3, -0.25) is 0 Å². The highest BCUT2D eigenvalue weighted by molar-refractivity contribution is 7.98. The number of rotatable bonds is 6. The van der Waals surface area contributed by atoms with Crippen molar-refractivity contribution in [2.24, 2.45) is 5.92 Å². The topological polar surface area (TPSA) is 32.3 Å². The first-order chi connectivity index (χ1) is 7.55. The molecule has 0 aromatic carbocycles. The van der Waals surface area contributed by atoms with E-state index in [0.717, 1.165) is 11.7 Å². The molecule has 0 spiro atoms. The zero-order chi connectivity index (χ0) is 12.0. The lowest BCUT2D eigenvalue weighted by atomic mass is 9.84. The molecule has 0 amide bonds. The van der Waals surface area contributed by atoms with E-state index in [1.54, 1.807) is 11.8 Å². The summed E-state index contributed by atoms with van der Waals surface area (Å²) in [7, 11) is 0. The minimum Gasteiger partial charge on any atom is -0.388 e. The first kappa shape index (κ1) is 14.3. The Balaban J connectivity index is 2.25. The molecule has 1 aliphatic rings. The van der Waals surface area contributed by atoms with Gasteiger partial charge in [-0.25, -0.2) is 0 Å². The molecule has 96 valence electrons. The Morgan fingerprint density at radius 1 is 1.38 bits per heavy atom. The number of hydrogen-bond acceptors (Lipinski definition) is 3. The molecule has 1 rings (SSSR count). The Morgan fingerprint density at radius 2 is 2.00 bits per heavy atom.